The molecule has 2 bridgehead atoms. The van der Waals surface area contributed by atoms with Crippen molar-refractivity contribution in [2.75, 3.05) is 25.9 Å². The summed E-state index contributed by atoms with van der Waals surface area (Å²) in [7, 11) is -3.16. The quantitative estimate of drug-likeness (QED) is 0.809. The van der Waals surface area contributed by atoms with E-state index < -0.39 is 10.0 Å². The standard InChI is InChI=1S/C20H23N3O3S/c1-27(24,25)23-12-15-6-7-17(13-23)22(11-15)14-18-8-9-20(26-18)19-5-3-2-4-16(19)10-21/h2-5,8-9,15,17H,6-7,11-14H2,1H3/t15-,17-/m1/s1. The van der Waals surface area contributed by atoms with Gasteiger partial charge in [-0.15, -0.1) is 0 Å². The molecule has 4 heterocycles. The number of furan rings is 1. The molecule has 1 aromatic carbocycles. The van der Waals surface area contributed by atoms with Crippen LogP contribution in [0.5, 0.6) is 0 Å². The molecule has 0 saturated carbocycles. The number of benzene rings is 1. The molecule has 3 aliphatic heterocycles. The molecule has 2 aromatic rings. The van der Waals surface area contributed by atoms with Gasteiger partial charge in [0.25, 0.3) is 0 Å². The molecule has 5 rings (SSSR count). The van der Waals surface area contributed by atoms with Crippen molar-refractivity contribution in [1.29, 1.82) is 5.26 Å². The summed E-state index contributed by atoms with van der Waals surface area (Å²) in [5, 5.41) is 9.29. The first-order valence-electron chi connectivity index (χ1n) is 9.21. The fourth-order valence-corrected chi connectivity index (χ4v) is 5.13. The smallest absolute Gasteiger partial charge is 0.211 e. The summed E-state index contributed by atoms with van der Waals surface area (Å²) in [4.78, 5) is 2.35. The van der Waals surface area contributed by atoms with Crippen molar-refractivity contribution in [2.24, 2.45) is 5.92 Å². The van der Waals surface area contributed by atoms with E-state index in [2.05, 4.69) is 11.0 Å². The highest BCUT2D eigenvalue weighted by molar-refractivity contribution is 7.88. The van der Waals surface area contributed by atoms with E-state index in [9.17, 15) is 13.7 Å². The Bertz CT molecular complexity index is 976. The van der Waals surface area contributed by atoms with Crippen LogP contribution in [0.1, 0.15) is 24.2 Å². The second-order valence-corrected chi connectivity index (χ2v) is 9.51. The van der Waals surface area contributed by atoms with Gasteiger partial charge in [0.05, 0.1) is 24.4 Å². The van der Waals surface area contributed by atoms with Gasteiger partial charge in [-0.1, -0.05) is 12.1 Å². The number of fused-ring (bicyclic) bond motifs is 4. The molecule has 3 fully saturated rings. The van der Waals surface area contributed by atoms with E-state index in [1.165, 1.54) is 6.26 Å². The summed E-state index contributed by atoms with van der Waals surface area (Å²) in [6.07, 6.45) is 3.39. The van der Waals surface area contributed by atoms with Crippen molar-refractivity contribution in [3.8, 4) is 17.4 Å². The van der Waals surface area contributed by atoms with Gasteiger partial charge in [0.15, 0.2) is 0 Å². The van der Waals surface area contributed by atoms with Crippen molar-refractivity contribution in [2.45, 2.75) is 25.4 Å². The molecule has 6 nitrogen and oxygen atoms in total. The van der Waals surface area contributed by atoms with Crippen LogP contribution in [-0.2, 0) is 16.6 Å². The highest BCUT2D eigenvalue weighted by Crippen LogP contribution is 2.31. The maximum Gasteiger partial charge on any atom is 0.211 e. The number of hydrogen-bond acceptors (Lipinski definition) is 5. The molecular formula is C20H23N3O3S. The molecule has 0 radical (unpaired) electrons. The van der Waals surface area contributed by atoms with Crippen LogP contribution < -0.4 is 0 Å². The number of nitrogens with zero attached hydrogens (tertiary/aromatic N) is 3. The minimum absolute atomic E-state index is 0.221. The summed E-state index contributed by atoms with van der Waals surface area (Å²) >= 11 is 0. The zero-order chi connectivity index (χ0) is 19.0. The molecular weight excluding hydrogens is 362 g/mol. The van der Waals surface area contributed by atoms with Crippen LogP contribution in [0.25, 0.3) is 11.3 Å². The monoisotopic (exact) mass is 385 g/mol. The third kappa shape index (κ3) is 3.79. The lowest BCUT2D eigenvalue weighted by molar-refractivity contribution is 0.117. The van der Waals surface area contributed by atoms with Crippen LogP contribution in [-0.4, -0.2) is 49.6 Å². The van der Waals surface area contributed by atoms with E-state index in [1.807, 2.05) is 30.3 Å². The van der Waals surface area contributed by atoms with Gasteiger partial charge in [-0.05, 0) is 43.0 Å². The SMILES string of the molecule is CS(=O)(=O)N1C[C@@H]2CC[C@H](C1)N(Cc1ccc(-c3ccccc3C#N)o1)C2. The molecule has 2 atom stereocenters. The van der Waals surface area contributed by atoms with Crippen LogP contribution in [0, 0.1) is 17.2 Å². The predicted molar refractivity (Wildman–Crippen MR) is 102 cm³/mol. The molecule has 1 aromatic heterocycles. The maximum absolute atomic E-state index is 12.0. The van der Waals surface area contributed by atoms with Crippen LogP contribution in [0.3, 0.4) is 0 Å². The second-order valence-electron chi connectivity index (χ2n) is 7.53. The fourth-order valence-electron chi connectivity index (χ4n) is 4.20. The van der Waals surface area contributed by atoms with Gasteiger partial charge in [-0.25, -0.2) is 12.7 Å². The van der Waals surface area contributed by atoms with Gasteiger partial charge < -0.3 is 4.42 Å². The van der Waals surface area contributed by atoms with Gasteiger partial charge in [0, 0.05) is 31.2 Å². The summed E-state index contributed by atoms with van der Waals surface area (Å²) in [5.74, 6) is 1.91. The lowest BCUT2D eigenvalue weighted by Crippen LogP contribution is -2.43. The minimum atomic E-state index is -3.16. The highest BCUT2D eigenvalue weighted by Gasteiger charge is 2.37. The van der Waals surface area contributed by atoms with E-state index in [0.717, 1.165) is 30.7 Å². The number of rotatable bonds is 4. The zero-order valence-corrected chi connectivity index (χ0v) is 16.2. The van der Waals surface area contributed by atoms with E-state index in [4.69, 9.17) is 4.42 Å². The molecule has 3 aliphatic rings. The number of hydrogen-bond donors (Lipinski definition) is 0. The van der Waals surface area contributed by atoms with Gasteiger partial charge in [0.2, 0.25) is 10.0 Å². The molecule has 0 N–H and O–H groups in total. The number of sulfonamides is 1. The summed E-state index contributed by atoms with van der Waals surface area (Å²) in [6.45, 7) is 2.72. The molecule has 0 unspecified atom stereocenters. The lowest BCUT2D eigenvalue weighted by atomic mass is 9.95. The fraction of sp³-hybridized carbons (Fsp3) is 0.450. The third-order valence-corrected chi connectivity index (χ3v) is 6.83. The molecule has 0 amide bonds. The van der Waals surface area contributed by atoms with Crippen LogP contribution >= 0.6 is 0 Å². The van der Waals surface area contributed by atoms with Crippen molar-refractivity contribution in [3.63, 3.8) is 0 Å². The zero-order valence-electron chi connectivity index (χ0n) is 15.3. The van der Waals surface area contributed by atoms with Gasteiger partial charge in [-0.3, -0.25) is 4.90 Å². The van der Waals surface area contributed by atoms with Gasteiger partial charge in [-0.2, -0.15) is 5.26 Å². The first kappa shape index (κ1) is 18.2. The summed E-state index contributed by atoms with van der Waals surface area (Å²) in [6, 6.07) is 13.7. The number of nitriles is 1. The topological polar surface area (TPSA) is 77.5 Å². The highest BCUT2D eigenvalue weighted by atomic mass is 32.2. The molecule has 142 valence electrons. The molecule has 7 heteroatoms. The van der Waals surface area contributed by atoms with Gasteiger partial charge >= 0.3 is 0 Å². The average molecular weight is 385 g/mol. The van der Waals surface area contributed by atoms with Crippen LogP contribution in [0.4, 0.5) is 0 Å². The maximum atomic E-state index is 12.0. The molecule has 3 saturated heterocycles. The van der Waals surface area contributed by atoms with Crippen molar-refractivity contribution >= 4 is 10.0 Å². The van der Waals surface area contributed by atoms with E-state index in [-0.39, 0.29) is 6.04 Å². The Morgan fingerprint density at radius 1 is 1.15 bits per heavy atom. The molecule has 27 heavy (non-hydrogen) atoms. The summed E-state index contributed by atoms with van der Waals surface area (Å²) < 4.78 is 31.7. The first-order valence-corrected chi connectivity index (χ1v) is 11.1. The Balaban J connectivity index is 1.52. The van der Waals surface area contributed by atoms with Gasteiger partial charge in [0.1, 0.15) is 11.5 Å². The Hall–Kier alpha value is -2.14. The minimum Gasteiger partial charge on any atom is -0.460 e. The van der Waals surface area contributed by atoms with E-state index >= 15 is 0 Å². The third-order valence-electron chi connectivity index (χ3n) is 5.60. The molecule has 0 spiro atoms. The predicted octanol–water partition coefficient (Wildman–Crippen LogP) is 2.67. The Morgan fingerprint density at radius 2 is 1.96 bits per heavy atom. The van der Waals surface area contributed by atoms with Crippen LogP contribution in [0.2, 0.25) is 0 Å². The Kier molecular flexibility index (Phi) is 4.81. The number of piperidine rings is 1. The van der Waals surface area contributed by atoms with Crippen LogP contribution in [0.15, 0.2) is 40.8 Å². The molecule has 0 aliphatic carbocycles. The Labute approximate surface area is 160 Å². The lowest BCUT2D eigenvalue weighted by Gasteiger charge is -2.35. The average Bonchev–Trinajstić information content (AvgIpc) is 2.89. The van der Waals surface area contributed by atoms with Crippen molar-refractivity contribution in [1.82, 2.24) is 9.21 Å². The first-order chi connectivity index (χ1) is 12.9. The van der Waals surface area contributed by atoms with E-state index in [1.54, 1.807) is 10.4 Å². The summed E-state index contributed by atoms with van der Waals surface area (Å²) in [5.41, 5.74) is 1.39. The van der Waals surface area contributed by atoms with Crippen molar-refractivity contribution < 1.29 is 12.8 Å². The largest absolute Gasteiger partial charge is 0.460 e. The Morgan fingerprint density at radius 3 is 2.74 bits per heavy atom. The second kappa shape index (κ2) is 7.12. The normalized spacial score (nSPS) is 23.9. The van der Waals surface area contributed by atoms with E-state index in [0.29, 0.717) is 36.9 Å². The van der Waals surface area contributed by atoms with Crippen molar-refractivity contribution in [3.05, 3.63) is 47.7 Å².